The molecule has 0 saturated heterocycles. The molecule has 0 fully saturated rings. The van der Waals surface area contributed by atoms with Crippen molar-refractivity contribution in [1.29, 1.82) is 0 Å². The molecule has 0 saturated carbocycles. The summed E-state index contributed by atoms with van der Waals surface area (Å²) in [6, 6.07) is 1.81. The Hall–Kier alpha value is -1.67. The van der Waals surface area contributed by atoms with Gasteiger partial charge in [-0.15, -0.1) is 4.83 Å². The van der Waals surface area contributed by atoms with Gasteiger partial charge in [-0.05, 0) is 6.07 Å². The van der Waals surface area contributed by atoms with Crippen molar-refractivity contribution < 1.29 is 8.42 Å². The quantitative estimate of drug-likeness (QED) is 0.729. The monoisotopic (exact) mass is 241 g/mol. The van der Waals surface area contributed by atoms with Gasteiger partial charge in [-0.25, -0.2) is 18.4 Å². The molecule has 0 aliphatic heterocycles. The summed E-state index contributed by atoms with van der Waals surface area (Å²) in [6.45, 7) is 0. The second kappa shape index (κ2) is 3.72. The summed E-state index contributed by atoms with van der Waals surface area (Å²) >= 11 is 0. The summed E-state index contributed by atoms with van der Waals surface area (Å²) in [5.41, 5.74) is 3.27. The Kier molecular flexibility index (Phi) is 2.52. The molecule has 2 rings (SSSR count). The SMILES string of the molecule is Cn1ccc2c(NNS(C)(=O)=O)ncnc21. The molecule has 0 amide bonds. The standard InChI is InChI=1S/C8H11N5O2S/c1-13-4-3-6-7(9-5-10-8(6)13)11-12-16(2,14)15/h3-5,12H,1-2H3,(H,9,10,11). The molecule has 0 atom stereocenters. The van der Waals surface area contributed by atoms with Gasteiger partial charge in [0.15, 0.2) is 5.82 Å². The van der Waals surface area contributed by atoms with Crippen LogP contribution >= 0.6 is 0 Å². The zero-order valence-electron chi connectivity index (χ0n) is 8.80. The Morgan fingerprint density at radius 1 is 1.38 bits per heavy atom. The van der Waals surface area contributed by atoms with Crippen LogP contribution in [0, 0.1) is 0 Å². The van der Waals surface area contributed by atoms with Crippen molar-refractivity contribution in [3.05, 3.63) is 18.6 Å². The molecule has 0 aromatic carbocycles. The fourth-order valence-electron chi connectivity index (χ4n) is 1.32. The molecule has 0 radical (unpaired) electrons. The molecular formula is C8H11N5O2S. The van der Waals surface area contributed by atoms with Crippen molar-refractivity contribution in [2.24, 2.45) is 7.05 Å². The van der Waals surface area contributed by atoms with Crippen molar-refractivity contribution in [3.8, 4) is 0 Å². The van der Waals surface area contributed by atoms with Gasteiger partial charge < -0.3 is 4.57 Å². The molecule has 0 unspecified atom stereocenters. The summed E-state index contributed by atoms with van der Waals surface area (Å²) in [5.74, 6) is 0.427. The highest BCUT2D eigenvalue weighted by Crippen LogP contribution is 2.18. The maximum absolute atomic E-state index is 10.9. The van der Waals surface area contributed by atoms with Crippen LogP contribution in [0.2, 0.25) is 0 Å². The number of rotatable bonds is 3. The van der Waals surface area contributed by atoms with E-state index in [2.05, 4.69) is 20.2 Å². The second-order valence-corrected chi connectivity index (χ2v) is 5.13. The minimum atomic E-state index is -3.31. The van der Waals surface area contributed by atoms with E-state index in [0.717, 1.165) is 17.3 Å². The van der Waals surface area contributed by atoms with Crippen LogP contribution in [0.1, 0.15) is 0 Å². The van der Waals surface area contributed by atoms with E-state index in [9.17, 15) is 8.42 Å². The molecule has 8 heteroatoms. The van der Waals surface area contributed by atoms with Crippen LogP contribution in [0.5, 0.6) is 0 Å². The van der Waals surface area contributed by atoms with Crippen LogP contribution in [0.3, 0.4) is 0 Å². The molecule has 0 aliphatic carbocycles. The van der Waals surface area contributed by atoms with Crippen LogP contribution in [-0.2, 0) is 17.1 Å². The molecule has 86 valence electrons. The fourth-order valence-corrected chi connectivity index (χ4v) is 1.60. The summed E-state index contributed by atoms with van der Waals surface area (Å²) in [7, 11) is -1.46. The largest absolute Gasteiger partial charge is 0.335 e. The van der Waals surface area contributed by atoms with Gasteiger partial charge in [0.25, 0.3) is 0 Å². The number of fused-ring (bicyclic) bond motifs is 1. The fraction of sp³-hybridized carbons (Fsp3) is 0.250. The number of sulfonamides is 1. The lowest BCUT2D eigenvalue weighted by atomic mass is 10.4. The van der Waals surface area contributed by atoms with Gasteiger partial charge in [0.1, 0.15) is 12.0 Å². The van der Waals surface area contributed by atoms with E-state index >= 15 is 0 Å². The third-order valence-corrected chi connectivity index (χ3v) is 2.49. The average molecular weight is 241 g/mol. The van der Waals surface area contributed by atoms with Crippen molar-refractivity contribution in [3.63, 3.8) is 0 Å². The lowest BCUT2D eigenvalue weighted by molar-refractivity contribution is 0.593. The number of hydrogen-bond donors (Lipinski definition) is 2. The summed E-state index contributed by atoms with van der Waals surface area (Å²) < 4.78 is 23.7. The number of nitrogens with zero attached hydrogens (tertiary/aromatic N) is 3. The van der Waals surface area contributed by atoms with Crippen molar-refractivity contribution in [2.45, 2.75) is 0 Å². The topological polar surface area (TPSA) is 88.9 Å². The third kappa shape index (κ3) is 2.12. The Labute approximate surface area is 92.5 Å². The molecule has 7 nitrogen and oxygen atoms in total. The molecule has 16 heavy (non-hydrogen) atoms. The highest BCUT2D eigenvalue weighted by atomic mass is 32.2. The van der Waals surface area contributed by atoms with Crippen molar-refractivity contribution in [2.75, 3.05) is 11.7 Å². The summed E-state index contributed by atoms with van der Waals surface area (Å²) in [4.78, 5) is 10.2. The average Bonchev–Trinajstić information content (AvgIpc) is 2.57. The summed E-state index contributed by atoms with van der Waals surface area (Å²) in [6.07, 6.45) is 4.25. The van der Waals surface area contributed by atoms with Crippen LogP contribution in [0.15, 0.2) is 18.6 Å². The Bertz CT molecular complexity index is 618. The molecule has 0 spiro atoms. The number of aromatic nitrogens is 3. The first-order valence-electron chi connectivity index (χ1n) is 4.46. The van der Waals surface area contributed by atoms with Crippen molar-refractivity contribution in [1.82, 2.24) is 19.4 Å². The van der Waals surface area contributed by atoms with Crippen LogP contribution in [-0.4, -0.2) is 29.2 Å². The summed E-state index contributed by atoms with van der Waals surface area (Å²) in [5, 5.41) is 0.751. The van der Waals surface area contributed by atoms with Gasteiger partial charge in [-0.2, -0.15) is 0 Å². The van der Waals surface area contributed by atoms with Gasteiger partial charge in [0.05, 0.1) is 11.6 Å². The lowest BCUT2D eigenvalue weighted by Gasteiger charge is -2.06. The van der Waals surface area contributed by atoms with Crippen LogP contribution in [0.4, 0.5) is 5.82 Å². The number of anilines is 1. The molecular weight excluding hydrogens is 230 g/mol. The highest BCUT2D eigenvalue weighted by Gasteiger charge is 2.07. The molecule has 0 bridgehead atoms. The first-order valence-corrected chi connectivity index (χ1v) is 6.35. The minimum Gasteiger partial charge on any atom is -0.335 e. The third-order valence-electron chi connectivity index (χ3n) is 2.02. The highest BCUT2D eigenvalue weighted by molar-refractivity contribution is 7.88. The zero-order chi connectivity index (χ0) is 11.8. The second-order valence-electron chi connectivity index (χ2n) is 3.39. The van der Waals surface area contributed by atoms with E-state index in [1.165, 1.54) is 6.33 Å². The van der Waals surface area contributed by atoms with E-state index in [1.807, 2.05) is 23.9 Å². The Balaban J connectivity index is 2.38. The first kappa shape index (κ1) is 10.8. The van der Waals surface area contributed by atoms with Crippen LogP contribution in [0.25, 0.3) is 11.0 Å². The van der Waals surface area contributed by atoms with Gasteiger partial charge in [-0.3, -0.25) is 5.43 Å². The first-order chi connectivity index (χ1) is 7.47. The van der Waals surface area contributed by atoms with Crippen LogP contribution < -0.4 is 10.3 Å². The molecule has 2 heterocycles. The molecule has 2 aromatic heterocycles. The van der Waals surface area contributed by atoms with Crippen molar-refractivity contribution >= 4 is 26.9 Å². The molecule has 2 N–H and O–H groups in total. The van der Waals surface area contributed by atoms with Gasteiger partial charge in [0, 0.05) is 13.2 Å². The molecule has 2 aromatic rings. The predicted octanol–water partition coefficient (Wildman–Crippen LogP) is -0.156. The van der Waals surface area contributed by atoms with E-state index in [4.69, 9.17) is 0 Å². The van der Waals surface area contributed by atoms with Gasteiger partial charge in [-0.1, -0.05) is 0 Å². The Morgan fingerprint density at radius 3 is 2.81 bits per heavy atom. The maximum Gasteiger partial charge on any atom is 0.225 e. The van der Waals surface area contributed by atoms with E-state index in [-0.39, 0.29) is 0 Å². The Morgan fingerprint density at radius 2 is 2.12 bits per heavy atom. The number of hydrazine groups is 1. The predicted molar refractivity (Wildman–Crippen MR) is 60.1 cm³/mol. The van der Waals surface area contributed by atoms with Gasteiger partial charge >= 0.3 is 0 Å². The number of aryl methyl sites for hydroxylation is 1. The smallest absolute Gasteiger partial charge is 0.225 e. The molecule has 0 aliphatic rings. The van der Waals surface area contributed by atoms with Gasteiger partial charge in [0.2, 0.25) is 10.0 Å². The van der Waals surface area contributed by atoms with E-state index in [1.54, 1.807) is 0 Å². The lowest BCUT2D eigenvalue weighted by Crippen LogP contribution is -2.28. The minimum absolute atomic E-state index is 0.427. The number of hydrogen-bond acceptors (Lipinski definition) is 5. The van der Waals surface area contributed by atoms with E-state index < -0.39 is 10.0 Å². The van der Waals surface area contributed by atoms with E-state index in [0.29, 0.717) is 5.82 Å². The normalized spacial score (nSPS) is 11.9. The number of nitrogens with one attached hydrogen (secondary N) is 2. The zero-order valence-corrected chi connectivity index (χ0v) is 9.61. The maximum atomic E-state index is 10.9.